The number of furan rings is 1. The van der Waals surface area contributed by atoms with Gasteiger partial charge in [-0.2, -0.15) is 0 Å². The summed E-state index contributed by atoms with van der Waals surface area (Å²) in [7, 11) is 0. The number of aliphatic imine (C=N–C) groups is 1. The molecule has 1 aromatic heterocycles. The summed E-state index contributed by atoms with van der Waals surface area (Å²) in [4.78, 5) is 9.83. The van der Waals surface area contributed by atoms with Crippen molar-refractivity contribution < 1.29 is 13.9 Å². The minimum absolute atomic E-state index is 0.412. The first-order valence-corrected chi connectivity index (χ1v) is 12.3. The summed E-state index contributed by atoms with van der Waals surface area (Å²) in [5, 5.41) is 3.59. The summed E-state index contributed by atoms with van der Waals surface area (Å²) in [6.45, 7) is 9.35. The van der Waals surface area contributed by atoms with E-state index < -0.39 is 0 Å². The predicted molar refractivity (Wildman–Crippen MR) is 122 cm³/mol. The van der Waals surface area contributed by atoms with E-state index in [1.807, 2.05) is 12.1 Å². The number of hydrogen-bond donors (Lipinski definition) is 1. The molecule has 3 heterocycles. The summed E-state index contributed by atoms with van der Waals surface area (Å²) < 4.78 is 17.2. The van der Waals surface area contributed by atoms with E-state index in [2.05, 4.69) is 15.1 Å². The first-order chi connectivity index (χ1) is 15.4. The van der Waals surface area contributed by atoms with Crippen molar-refractivity contribution in [2.75, 3.05) is 65.6 Å². The third-order valence-corrected chi connectivity index (χ3v) is 6.80. The van der Waals surface area contributed by atoms with E-state index in [9.17, 15) is 0 Å². The minimum atomic E-state index is 0.412. The molecule has 31 heavy (non-hydrogen) atoms. The third-order valence-electron chi connectivity index (χ3n) is 6.80. The maximum absolute atomic E-state index is 6.27. The zero-order valence-corrected chi connectivity index (χ0v) is 19.0. The second-order valence-corrected chi connectivity index (χ2v) is 9.09. The highest BCUT2D eigenvalue weighted by molar-refractivity contribution is 5.80. The number of morpholine rings is 1. The van der Waals surface area contributed by atoms with Crippen LogP contribution in [0.4, 0.5) is 0 Å². The van der Waals surface area contributed by atoms with Gasteiger partial charge >= 0.3 is 0 Å². The quantitative estimate of drug-likeness (QED) is 0.478. The Hall–Kier alpha value is -1.57. The number of likely N-dealkylation sites (tertiary alicyclic amines) is 1. The molecule has 0 bridgehead atoms. The first kappa shape index (κ1) is 22.6. The van der Waals surface area contributed by atoms with E-state index in [4.69, 9.17) is 18.9 Å². The van der Waals surface area contributed by atoms with Gasteiger partial charge in [-0.1, -0.05) is 12.8 Å². The van der Waals surface area contributed by atoms with Gasteiger partial charge in [-0.05, 0) is 43.7 Å². The molecule has 174 valence electrons. The summed E-state index contributed by atoms with van der Waals surface area (Å²) in [5.74, 6) is 2.85. The second kappa shape index (κ2) is 12.5. The minimum Gasteiger partial charge on any atom is -0.469 e. The maximum Gasteiger partial charge on any atom is 0.193 e. The van der Waals surface area contributed by atoms with Gasteiger partial charge in [0.05, 0.1) is 32.1 Å². The summed E-state index contributed by atoms with van der Waals surface area (Å²) >= 11 is 0. The highest BCUT2D eigenvalue weighted by Crippen LogP contribution is 2.26. The zero-order chi connectivity index (χ0) is 21.1. The molecule has 0 amide bonds. The fourth-order valence-corrected chi connectivity index (χ4v) is 4.83. The SMILES string of the molecule is c1coc(CCNC(=NCCN2CCOCC2)N2CCC(OCC3CCCC3)CC2)c1. The van der Waals surface area contributed by atoms with Gasteiger partial charge in [0, 0.05) is 52.3 Å². The van der Waals surface area contributed by atoms with Crippen LogP contribution >= 0.6 is 0 Å². The molecule has 3 fully saturated rings. The Morgan fingerprint density at radius 2 is 1.90 bits per heavy atom. The van der Waals surface area contributed by atoms with Crippen molar-refractivity contribution in [3.05, 3.63) is 24.2 Å². The van der Waals surface area contributed by atoms with E-state index in [0.29, 0.717) is 6.10 Å². The number of ether oxygens (including phenoxy) is 2. The Labute approximate surface area is 187 Å². The average Bonchev–Trinajstić information content (AvgIpc) is 3.52. The summed E-state index contributed by atoms with van der Waals surface area (Å²) in [5.41, 5.74) is 0. The monoisotopic (exact) mass is 432 g/mol. The number of guanidine groups is 1. The zero-order valence-electron chi connectivity index (χ0n) is 19.0. The molecule has 1 N–H and O–H groups in total. The standard InChI is InChI=1S/C24H40N4O3/c1-2-5-21(4-1)20-31-23-8-12-28(13-9-23)24(25-10-7-22-6-3-17-30-22)26-11-14-27-15-18-29-19-16-27/h3,6,17,21,23H,1-2,4-5,7-16,18-20H2,(H,25,26). The lowest BCUT2D eigenvalue weighted by Gasteiger charge is -2.35. The number of nitrogens with one attached hydrogen (secondary N) is 1. The van der Waals surface area contributed by atoms with Gasteiger partial charge in [0.15, 0.2) is 5.96 Å². The number of rotatable bonds is 9. The van der Waals surface area contributed by atoms with Crippen LogP contribution in [0.5, 0.6) is 0 Å². The van der Waals surface area contributed by atoms with Gasteiger partial charge in [0.1, 0.15) is 5.76 Å². The topological polar surface area (TPSA) is 62.5 Å². The van der Waals surface area contributed by atoms with Crippen molar-refractivity contribution in [1.29, 1.82) is 0 Å². The molecule has 0 aromatic carbocycles. The molecular formula is C24H40N4O3. The highest BCUT2D eigenvalue weighted by atomic mass is 16.5. The van der Waals surface area contributed by atoms with Gasteiger partial charge in [-0.15, -0.1) is 0 Å². The van der Waals surface area contributed by atoms with Crippen LogP contribution in [0.1, 0.15) is 44.3 Å². The molecule has 7 nitrogen and oxygen atoms in total. The van der Waals surface area contributed by atoms with Crippen LogP contribution in [0.15, 0.2) is 27.8 Å². The van der Waals surface area contributed by atoms with Crippen molar-refractivity contribution >= 4 is 5.96 Å². The largest absolute Gasteiger partial charge is 0.469 e. The molecule has 3 aliphatic rings. The van der Waals surface area contributed by atoms with E-state index in [-0.39, 0.29) is 0 Å². The Kier molecular flexibility index (Phi) is 9.09. The van der Waals surface area contributed by atoms with Crippen molar-refractivity contribution in [3.8, 4) is 0 Å². The van der Waals surface area contributed by atoms with Gasteiger partial charge < -0.3 is 24.1 Å². The molecule has 2 saturated heterocycles. The van der Waals surface area contributed by atoms with Crippen LogP contribution in [0, 0.1) is 5.92 Å². The number of hydrogen-bond acceptors (Lipinski definition) is 5. The van der Waals surface area contributed by atoms with Crippen LogP contribution in [0.25, 0.3) is 0 Å². The normalized spacial score (nSPS) is 22.3. The molecule has 0 radical (unpaired) electrons. The third kappa shape index (κ3) is 7.51. The molecule has 2 aliphatic heterocycles. The summed E-state index contributed by atoms with van der Waals surface area (Å²) in [6, 6.07) is 3.98. The van der Waals surface area contributed by atoms with E-state index >= 15 is 0 Å². The van der Waals surface area contributed by atoms with Crippen LogP contribution < -0.4 is 5.32 Å². The summed E-state index contributed by atoms with van der Waals surface area (Å²) in [6.07, 6.45) is 10.7. The van der Waals surface area contributed by atoms with Gasteiger partial charge in [-0.25, -0.2) is 0 Å². The average molecular weight is 433 g/mol. The van der Waals surface area contributed by atoms with Gasteiger partial charge in [0.2, 0.25) is 0 Å². The van der Waals surface area contributed by atoms with E-state index in [0.717, 1.165) is 103 Å². The Morgan fingerprint density at radius 3 is 2.65 bits per heavy atom. The Bertz CT molecular complexity index is 631. The highest BCUT2D eigenvalue weighted by Gasteiger charge is 2.24. The lowest BCUT2D eigenvalue weighted by Crippen LogP contribution is -2.48. The fraction of sp³-hybridized carbons (Fsp3) is 0.792. The van der Waals surface area contributed by atoms with Gasteiger partial charge in [-0.3, -0.25) is 9.89 Å². The van der Waals surface area contributed by atoms with E-state index in [1.54, 1.807) is 6.26 Å². The van der Waals surface area contributed by atoms with Crippen molar-refractivity contribution in [1.82, 2.24) is 15.1 Å². The molecular weight excluding hydrogens is 392 g/mol. The maximum atomic E-state index is 6.27. The van der Waals surface area contributed by atoms with Crippen molar-refractivity contribution in [2.24, 2.45) is 10.9 Å². The molecule has 0 unspecified atom stereocenters. The Balaban J connectivity index is 1.23. The first-order valence-electron chi connectivity index (χ1n) is 12.3. The molecule has 0 atom stereocenters. The predicted octanol–water partition coefficient (Wildman–Crippen LogP) is 2.77. The number of piperidine rings is 1. The van der Waals surface area contributed by atoms with Crippen molar-refractivity contribution in [2.45, 2.75) is 51.0 Å². The lowest BCUT2D eigenvalue weighted by atomic mass is 10.1. The molecule has 7 heteroatoms. The van der Waals surface area contributed by atoms with Crippen LogP contribution in [0.3, 0.4) is 0 Å². The Morgan fingerprint density at radius 1 is 1.10 bits per heavy atom. The van der Waals surface area contributed by atoms with Crippen molar-refractivity contribution in [3.63, 3.8) is 0 Å². The smallest absolute Gasteiger partial charge is 0.193 e. The van der Waals surface area contributed by atoms with Crippen LogP contribution in [0.2, 0.25) is 0 Å². The van der Waals surface area contributed by atoms with Crippen LogP contribution in [-0.4, -0.2) is 87.5 Å². The molecule has 1 aliphatic carbocycles. The van der Waals surface area contributed by atoms with Crippen LogP contribution in [-0.2, 0) is 15.9 Å². The van der Waals surface area contributed by atoms with E-state index in [1.165, 1.54) is 25.7 Å². The number of nitrogens with zero attached hydrogens (tertiary/aromatic N) is 3. The van der Waals surface area contributed by atoms with Gasteiger partial charge in [0.25, 0.3) is 0 Å². The molecule has 0 spiro atoms. The molecule has 1 aromatic rings. The lowest BCUT2D eigenvalue weighted by molar-refractivity contribution is 0.000987. The molecule has 4 rings (SSSR count). The molecule has 1 saturated carbocycles. The second-order valence-electron chi connectivity index (χ2n) is 9.09. The fourth-order valence-electron chi connectivity index (χ4n) is 4.83.